The van der Waals surface area contributed by atoms with Crippen molar-refractivity contribution in [1.82, 2.24) is 4.98 Å². The zero-order valence-electron chi connectivity index (χ0n) is 11.8. The van der Waals surface area contributed by atoms with Crippen molar-refractivity contribution in [2.45, 2.75) is 32.9 Å². The first-order valence-electron chi connectivity index (χ1n) is 6.63. The van der Waals surface area contributed by atoms with E-state index in [1.54, 1.807) is 12.3 Å². The highest BCUT2D eigenvalue weighted by Crippen LogP contribution is 2.15. The van der Waals surface area contributed by atoms with E-state index in [1.807, 2.05) is 26.0 Å². The Morgan fingerprint density at radius 2 is 2.10 bits per heavy atom. The summed E-state index contributed by atoms with van der Waals surface area (Å²) < 4.78 is 18.8. The van der Waals surface area contributed by atoms with E-state index in [2.05, 4.69) is 4.98 Å². The minimum Gasteiger partial charge on any atom is -0.487 e. The molecule has 0 aliphatic carbocycles. The highest BCUT2D eigenvalue weighted by atomic mass is 19.1. The van der Waals surface area contributed by atoms with Gasteiger partial charge < -0.3 is 10.5 Å². The van der Waals surface area contributed by atoms with Crippen molar-refractivity contribution in [3.63, 3.8) is 0 Å². The first-order chi connectivity index (χ1) is 9.54. The molecule has 0 radical (unpaired) electrons. The normalized spacial score (nSPS) is 12.2. The molecule has 0 amide bonds. The maximum atomic E-state index is 13.2. The van der Waals surface area contributed by atoms with Gasteiger partial charge in [-0.05, 0) is 49.2 Å². The van der Waals surface area contributed by atoms with Crippen molar-refractivity contribution >= 4 is 0 Å². The van der Waals surface area contributed by atoms with Gasteiger partial charge in [0, 0.05) is 18.2 Å². The molecule has 0 saturated carbocycles. The average Bonchev–Trinajstić information content (AvgIpc) is 2.41. The third-order valence-corrected chi connectivity index (χ3v) is 3.03. The number of pyridine rings is 1. The van der Waals surface area contributed by atoms with Gasteiger partial charge in [0.15, 0.2) is 0 Å². The molecule has 0 saturated heterocycles. The summed E-state index contributed by atoms with van der Waals surface area (Å²) in [5.41, 5.74) is 8.51. The highest BCUT2D eigenvalue weighted by Gasteiger charge is 2.03. The standard InChI is InChI=1S/C16H19FN2O/c1-11-3-4-14(17)8-13(11)10-20-16-6-5-15(19-9-16)7-12(2)18/h3-6,8-9,12H,7,10,18H2,1-2H3. The van der Waals surface area contributed by atoms with Crippen molar-refractivity contribution < 1.29 is 9.13 Å². The topological polar surface area (TPSA) is 48.1 Å². The van der Waals surface area contributed by atoms with Gasteiger partial charge in [-0.25, -0.2) is 4.39 Å². The number of halogens is 1. The molecule has 2 aromatic rings. The first kappa shape index (κ1) is 14.5. The number of nitrogens with two attached hydrogens (primary N) is 1. The average molecular weight is 274 g/mol. The van der Waals surface area contributed by atoms with Crippen LogP contribution in [-0.2, 0) is 13.0 Å². The van der Waals surface area contributed by atoms with Gasteiger partial charge >= 0.3 is 0 Å². The first-order valence-corrected chi connectivity index (χ1v) is 6.63. The summed E-state index contributed by atoms with van der Waals surface area (Å²) in [6.07, 6.45) is 2.41. The Hall–Kier alpha value is -1.94. The SMILES string of the molecule is Cc1ccc(F)cc1COc1ccc(CC(C)N)nc1. The number of benzene rings is 1. The predicted octanol–water partition coefficient (Wildman–Crippen LogP) is 3.00. The molecule has 1 atom stereocenters. The Bertz CT molecular complexity index is 567. The van der Waals surface area contributed by atoms with E-state index in [1.165, 1.54) is 12.1 Å². The van der Waals surface area contributed by atoms with E-state index in [4.69, 9.17) is 10.5 Å². The minimum atomic E-state index is -0.250. The van der Waals surface area contributed by atoms with Crippen LogP contribution in [-0.4, -0.2) is 11.0 Å². The van der Waals surface area contributed by atoms with E-state index in [0.717, 1.165) is 23.2 Å². The van der Waals surface area contributed by atoms with Crippen LogP contribution in [0.3, 0.4) is 0 Å². The Morgan fingerprint density at radius 1 is 1.30 bits per heavy atom. The maximum absolute atomic E-state index is 13.2. The summed E-state index contributed by atoms with van der Waals surface area (Å²) in [4.78, 5) is 4.29. The molecule has 0 spiro atoms. The molecule has 0 aliphatic heterocycles. The molecular weight excluding hydrogens is 255 g/mol. The Labute approximate surface area is 118 Å². The van der Waals surface area contributed by atoms with Crippen LogP contribution in [0.1, 0.15) is 23.7 Å². The number of hydrogen-bond donors (Lipinski definition) is 1. The number of hydrogen-bond acceptors (Lipinski definition) is 3. The van der Waals surface area contributed by atoms with Gasteiger partial charge in [0.1, 0.15) is 18.2 Å². The second kappa shape index (κ2) is 6.48. The zero-order valence-corrected chi connectivity index (χ0v) is 11.8. The molecule has 4 heteroatoms. The van der Waals surface area contributed by atoms with E-state index >= 15 is 0 Å². The maximum Gasteiger partial charge on any atom is 0.138 e. The molecule has 2 rings (SSSR count). The quantitative estimate of drug-likeness (QED) is 0.911. The second-order valence-electron chi connectivity index (χ2n) is 5.03. The summed E-state index contributed by atoms with van der Waals surface area (Å²) in [6.45, 7) is 4.21. The number of rotatable bonds is 5. The molecule has 1 unspecified atom stereocenters. The van der Waals surface area contributed by atoms with Crippen molar-refractivity contribution in [2.24, 2.45) is 5.73 Å². The van der Waals surface area contributed by atoms with Crippen molar-refractivity contribution in [2.75, 3.05) is 0 Å². The molecule has 20 heavy (non-hydrogen) atoms. The molecule has 3 nitrogen and oxygen atoms in total. The lowest BCUT2D eigenvalue weighted by Gasteiger charge is -2.09. The lowest BCUT2D eigenvalue weighted by Crippen LogP contribution is -2.18. The molecule has 1 heterocycles. The lowest BCUT2D eigenvalue weighted by atomic mass is 10.1. The molecule has 0 aliphatic rings. The van der Waals surface area contributed by atoms with Crippen molar-refractivity contribution in [3.8, 4) is 5.75 Å². The van der Waals surface area contributed by atoms with Gasteiger partial charge in [0.05, 0.1) is 6.20 Å². The molecule has 1 aromatic carbocycles. The number of nitrogens with zero attached hydrogens (tertiary/aromatic N) is 1. The predicted molar refractivity (Wildman–Crippen MR) is 77.1 cm³/mol. The number of aromatic nitrogens is 1. The molecular formula is C16H19FN2O. The summed E-state index contributed by atoms with van der Waals surface area (Å²) >= 11 is 0. The van der Waals surface area contributed by atoms with Crippen LogP contribution in [0.4, 0.5) is 4.39 Å². The molecule has 1 aromatic heterocycles. The smallest absolute Gasteiger partial charge is 0.138 e. The van der Waals surface area contributed by atoms with Crippen LogP contribution in [0.2, 0.25) is 0 Å². The zero-order chi connectivity index (χ0) is 14.5. The summed E-state index contributed by atoms with van der Waals surface area (Å²) in [6, 6.07) is 8.54. The summed E-state index contributed by atoms with van der Waals surface area (Å²) in [7, 11) is 0. The van der Waals surface area contributed by atoms with Crippen LogP contribution >= 0.6 is 0 Å². The van der Waals surface area contributed by atoms with Crippen LogP contribution < -0.4 is 10.5 Å². The van der Waals surface area contributed by atoms with Crippen LogP contribution in [0.15, 0.2) is 36.5 Å². The molecule has 106 valence electrons. The fraction of sp³-hybridized carbons (Fsp3) is 0.312. The van der Waals surface area contributed by atoms with E-state index in [-0.39, 0.29) is 11.9 Å². The van der Waals surface area contributed by atoms with Crippen molar-refractivity contribution in [1.29, 1.82) is 0 Å². The molecule has 0 bridgehead atoms. The highest BCUT2D eigenvalue weighted by molar-refractivity contribution is 5.27. The fourth-order valence-corrected chi connectivity index (χ4v) is 1.90. The van der Waals surface area contributed by atoms with Crippen molar-refractivity contribution in [3.05, 3.63) is 59.2 Å². The lowest BCUT2D eigenvalue weighted by molar-refractivity contribution is 0.303. The summed E-state index contributed by atoms with van der Waals surface area (Å²) in [5, 5.41) is 0. The monoisotopic (exact) mass is 274 g/mol. The Kier molecular flexibility index (Phi) is 4.69. The van der Waals surface area contributed by atoms with Gasteiger partial charge in [-0.2, -0.15) is 0 Å². The molecule has 0 fully saturated rings. The second-order valence-corrected chi connectivity index (χ2v) is 5.03. The van der Waals surface area contributed by atoms with E-state index in [9.17, 15) is 4.39 Å². The van der Waals surface area contributed by atoms with E-state index < -0.39 is 0 Å². The van der Waals surface area contributed by atoms with Crippen LogP contribution in [0.5, 0.6) is 5.75 Å². The van der Waals surface area contributed by atoms with Gasteiger partial charge in [0.25, 0.3) is 0 Å². The van der Waals surface area contributed by atoms with Gasteiger partial charge in [-0.1, -0.05) is 6.07 Å². The summed E-state index contributed by atoms with van der Waals surface area (Å²) in [5.74, 6) is 0.418. The van der Waals surface area contributed by atoms with Gasteiger partial charge in [-0.15, -0.1) is 0 Å². The van der Waals surface area contributed by atoms with Gasteiger partial charge in [-0.3, -0.25) is 4.98 Å². The van der Waals surface area contributed by atoms with E-state index in [0.29, 0.717) is 12.4 Å². The fourth-order valence-electron chi connectivity index (χ4n) is 1.90. The largest absolute Gasteiger partial charge is 0.487 e. The third kappa shape index (κ3) is 4.03. The number of ether oxygens (including phenoxy) is 1. The Balaban J connectivity index is 1.98. The number of aryl methyl sites for hydroxylation is 1. The van der Waals surface area contributed by atoms with Crippen LogP contribution in [0, 0.1) is 12.7 Å². The Morgan fingerprint density at radius 3 is 2.75 bits per heavy atom. The minimum absolute atomic E-state index is 0.0872. The molecule has 2 N–H and O–H groups in total. The van der Waals surface area contributed by atoms with Crippen LogP contribution in [0.25, 0.3) is 0 Å². The van der Waals surface area contributed by atoms with Gasteiger partial charge in [0.2, 0.25) is 0 Å². The third-order valence-electron chi connectivity index (χ3n) is 3.03.